The standard InChI is InChI=1S/C16H22N2O3/c1-12-3-5-13(6-4-12)16(20)17-14-7-9-18(10-8-14)15(19)11-21-2/h3-6,14H,7-11H2,1-2H3,(H,17,20). The molecular weight excluding hydrogens is 268 g/mol. The number of hydrogen-bond donors (Lipinski definition) is 1. The van der Waals surface area contributed by atoms with E-state index in [2.05, 4.69) is 5.32 Å². The molecule has 1 aliphatic rings. The molecule has 5 heteroatoms. The van der Waals surface area contributed by atoms with Crippen molar-refractivity contribution in [1.29, 1.82) is 0 Å². The Labute approximate surface area is 125 Å². The summed E-state index contributed by atoms with van der Waals surface area (Å²) in [6, 6.07) is 7.66. The average molecular weight is 290 g/mol. The van der Waals surface area contributed by atoms with Crippen molar-refractivity contribution in [3.05, 3.63) is 35.4 Å². The molecule has 2 rings (SSSR count). The van der Waals surface area contributed by atoms with Gasteiger partial charge in [0.05, 0.1) is 0 Å². The summed E-state index contributed by atoms with van der Waals surface area (Å²) >= 11 is 0. The second-order valence-corrected chi connectivity index (χ2v) is 5.43. The largest absolute Gasteiger partial charge is 0.375 e. The van der Waals surface area contributed by atoms with E-state index >= 15 is 0 Å². The first kappa shape index (κ1) is 15.5. The van der Waals surface area contributed by atoms with Crippen molar-refractivity contribution < 1.29 is 14.3 Å². The van der Waals surface area contributed by atoms with Gasteiger partial charge in [-0.3, -0.25) is 9.59 Å². The summed E-state index contributed by atoms with van der Waals surface area (Å²) in [5, 5.41) is 3.04. The minimum atomic E-state index is -0.0448. The van der Waals surface area contributed by atoms with Crippen molar-refractivity contribution in [2.75, 3.05) is 26.8 Å². The predicted octanol–water partition coefficient (Wildman–Crippen LogP) is 1.36. The molecule has 1 aromatic rings. The van der Waals surface area contributed by atoms with Crippen LogP contribution in [0.25, 0.3) is 0 Å². The van der Waals surface area contributed by atoms with Gasteiger partial charge >= 0.3 is 0 Å². The lowest BCUT2D eigenvalue weighted by atomic mass is 10.0. The lowest BCUT2D eigenvalue weighted by Crippen LogP contribution is -2.47. The number of nitrogens with zero attached hydrogens (tertiary/aromatic N) is 1. The Morgan fingerprint density at radius 3 is 2.43 bits per heavy atom. The van der Waals surface area contributed by atoms with Crippen molar-refractivity contribution in [3.8, 4) is 0 Å². The van der Waals surface area contributed by atoms with Crippen molar-refractivity contribution in [1.82, 2.24) is 10.2 Å². The molecule has 1 aliphatic heterocycles. The second-order valence-electron chi connectivity index (χ2n) is 5.43. The molecule has 1 N–H and O–H groups in total. The third-order valence-corrected chi connectivity index (χ3v) is 3.76. The van der Waals surface area contributed by atoms with Crippen molar-refractivity contribution >= 4 is 11.8 Å². The summed E-state index contributed by atoms with van der Waals surface area (Å²) in [7, 11) is 1.52. The zero-order valence-electron chi connectivity index (χ0n) is 12.6. The summed E-state index contributed by atoms with van der Waals surface area (Å²) < 4.78 is 4.85. The van der Waals surface area contributed by atoms with Gasteiger partial charge in [-0.25, -0.2) is 0 Å². The molecular formula is C16H22N2O3. The number of carbonyl (C=O) groups is 2. The smallest absolute Gasteiger partial charge is 0.251 e. The Bertz CT molecular complexity index is 491. The van der Waals surface area contributed by atoms with E-state index in [1.807, 2.05) is 31.2 Å². The number of methoxy groups -OCH3 is 1. The van der Waals surface area contributed by atoms with Gasteiger partial charge in [0.25, 0.3) is 5.91 Å². The maximum atomic E-state index is 12.1. The summed E-state index contributed by atoms with van der Waals surface area (Å²) in [6.45, 7) is 3.46. The highest BCUT2D eigenvalue weighted by Crippen LogP contribution is 2.12. The van der Waals surface area contributed by atoms with Crippen LogP contribution in [-0.2, 0) is 9.53 Å². The summed E-state index contributed by atoms with van der Waals surface area (Å²) in [5.74, 6) is -0.0301. The van der Waals surface area contributed by atoms with Crippen molar-refractivity contribution in [2.24, 2.45) is 0 Å². The maximum absolute atomic E-state index is 12.1. The van der Waals surface area contributed by atoms with Gasteiger partial charge in [0.2, 0.25) is 5.91 Å². The van der Waals surface area contributed by atoms with Crippen LogP contribution in [0.4, 0.5) is 0 Å². The number of benzene rings is 1. The molecule has 1 heterocycles. The lowest BCUT2D eigenvalue weighted by molar-refractivity contribution is -0.136. The molecule has 1 fully saturated rings. The number of likely N-dealkylation sites (tertiary alicyclic amines) is 1. The highest BCUT2D eigenvalue weighted by atomic mass is 16.5. The maximum Gasteiger partial charge on any atom is 0.251 e. The van der Waals surface area contributed by atoms with Crippen LogP contribution < -0.4 is 5.32 Å². The van der Waals surface area contributed by atoms with Crippen molar-refractivity contribution in [2.45, 2.75) is 25.8 Å². The van der Waals surface area contributed by atoms with Crippen LogP contribution in [-0.4, -0.2) is 49.6 Å². The molecule has 5 nitrogen and oxygen atoms in total. The Kier molecular flexibility index (Phi) is 5.33. The minimum absolute atomic E-state index is 0.0146. The van der Waals surface area contributed by atoms with Gasteiger partial charge in [-0.1, -0.05) is 17.7 Å². The van der Waals surface area contributed by atoms with E-state index in [4.69, 9.17) is 4.74 Å². The molecule has 0 aliphatic carbocycles. The van der Waals surface area contributed by atoms with E-state index in [1.54, 1.807) is 4.90 Å². The monoisotopic (exact) mass is 290 g/mol. The fourth-order valence-electron chi connectivity index (χ4n) is 2.46. The van der Waals surface area contributed by atoms with Gasteiger partial charge in [-0.15, -0.1) is 0 Å². The lowest BCUT2D eigenvalue weighted by Gasteiger charge is -2.32. The predicted molar refractivity (Wildman–Crippen MR) is 80.1 cm³/mol. The number of piperidine rings is 1. The van der Waals surface area contributed by atoms with Crippen LogP contribution in [0, 0.1) is 6.92 Å². The van der Waals surface area contributed by atoms with Crippen LogP contribution in [0.15, 0.2) is 24.3 Å². The van der Waals surface area contributed by atoms with Gasteiger partial charge in [0.1, 0.15) is 6.61 Å². The molecule has 1 saturated heterocycles. The minimum Gasteiger partial charge on any atom is -0.375 e. The van der Waals surface area contributed by atoms with E-state index in [0.717, 1.165) is 18.4 Å². The molecule has 0 spiro atoms. The van der Waals surface area contributed by atoms with E-state index in [-0.39, 0.29) is 24.5 Å². The summed E-state index contributed by atoms with van der Waals surface area (Å²) in [6.07, 6.45) is 1.57. The Morgan fingerprint density at radius 2 is 1.86 bits per heavy atom. The topological polar surface area (TPSA) is 58.6 Å². The van der Waals surface area contributed by atoms with Gasteiger partial charge in [-0.2, -0.15) is 0 Å². The van der Waals surface area contributed by atoms with Crippen LogP contribution in [0.3, 0.4) is 0 Å². The number of carbonyl (C=O) groups excluding carboxylic acids is 2. The first-order valence-electron chi connectivity index (χ1n) is 7.24. The van der Waals surface area contributed by atoms with Crippen molar-refractivity contribution in [3.63, 3.8) is 0 Å². The normalized spacial score (nSPS) is 15.8. The van der Waals surface area contributed by atoms with E-state index in [1.165, 1.54) is 7.11 Å². The Hall–Kier alpha value is -1.88. The molecule has 21 heavy (non-hydrogen) atoms. The number of rotatable bonds is 4. The van der Waals surface area contributed by atoms with Gasteiger partial charge in [0, 0.05) is 31.8 Å². The fourth-order valence-corrected chi connectivity index (χ4v) is 2.46. The van der Waals surface area contributed by atoms with Gasteiger partial charge < -0.3 is 15.0 Å². The van der Waals surface area contributed by atoms with Crippen LogP contribution >= 0.6 is 0 Å². The highest BCUT2D eigenvalue weighted by molar-refractivity contribution is 5.94. The summed E-state index contributed by atoms with van der Waals surface area (Å²) in [4.78, 5) is 25.6. The second kappa shape index (κ2) is 7.22. The zero-order valence-corrected chi connectivity index (χ0v) is 12.6. The van der Waals surface area contributed by atoms with Crippen LogP contribution in [0.1, 0.15) is 28.8 Å². The molecule has 0 bridgehead atoms. The highest BCUT2D eigenvalue weighted by Gasteiger charge is 2.23. The molecule has 0 saturated carbocycles. The molecule has 2 amide bonds. The van der Waals surface area contributed by atoms with E-state index in [9.17, 15) is 9.59 Å². The molecule has 0 radical (unpaired) electrons. The average Bonchev–Trinajstić information content (AvgIpc) is 2.49. The number of aryl methyl sites for hydroxylation is 1. The number of hydrogen-bond acceptors (Lipinski definition) is 3. The number of ether oxygens (including phenoxy) is 1. The molecule has 0 unspecified atom stereocenters. The number of amides is 2. The van der Waals surface area contributed by atoms with Crippen LogP contribution in [0.5, 0.6) is 0 Å². The first-order chi connectivity index (χ1) is 10.1. The van der Waals surface area contributed by atoms with Gasteiger partial charge in [0.15, 0.2) is 0 Å². The summed E-state index contributed by atoms with van der Waals surface area (Å²) in [5.41, 5.74) is 1.81. The van der Waals surface area contributed by atoms with Gasteiger partial charge in [-0.05, 0) is 31.9 Å². The third kappa shape index (κ3) is 4.29. The SMILES string of the molecule is COCC(=O)N1CCC(NC(=O)c2ccc(C)cc2)CC1. The third-order valence-electron chi connectivity index (χ3n) is 3.76. The molecule has 1 aromatic carbocycles. The Balaban J connectivity index is 1.82. The quantitative estimate of drug-likeness (QED) is 0.911. The zero-order chi connectivity index (χ0) is 15.2. The fraction of sp³-hybridized carbons (Fsp3) is 0.500. The number of nitrogens with one attached hydrogen (secondary N) is 1. The Morgan fingerprint density at radius 1 is 1.24 bits per heavy atom. The first-order valence-corrected chi connectivity index (χ1v) is 7.24. The molecule has 0 aromatic heterocycles. The molecule has 114 valence electrons. The van der Waals surface area contributed by atoms with E-state index < -0.39 is 0 Å². The molecule has 0 atom stereocenters. The van der Waals surface area contributed by atoms with E-state index in [0.29, 0.717) is 18.7 Å². The van der Waals surface area contributed by atoms with Crippen LogP contribution in [0.2, 0.25) is 0 Å².